The van der Waals surface area contributed by atoms with Gasteiger partial charge in [0.05, 0.1) is 12.2 Å². The van der Waals surface area contributed by atoms with Gasteiger partial charge in [-0.3, -0.25) is 14.3 Å². The van der Waals surface area contributed by atoms with Crippen LogP contribution in [-0.4, -0.2) is 58.8 Å². The first kappa shape index (κ1) is 16.4. The van der Waals surface area contributed by atoms with Gasteiger partial charge in [0.25, 0.3) is 0 Å². The van der Waals surface area contributed by atoms with E-state index in [0.717, 1.165) is 6.26 Å². The molecule has 1 saturated heterocycles. The van der Waals surface area contributed by atoms with Gasteiger partial charge in [-0.1, -0.05) is 0 Å². The molecule has 2 rings (SSSR count). The van der Waals surface area contributed by atoms with E-state index in [9.17, 15) is 18.0 Å². The number of nitrogens with one attached hydrogen (secondary N) is 1. The predicted octanol–water partition coefficient (Wildman–Crippen LogP) is -0.422. The number of rotatable bonds is 5. The van der Waals surface area contributed by atoms with Gasteiger partial charge in [0.2, 0.25) is 15.9 Å². The van der Waals surface area contributed by atoms with Crippen molar-refractivity contribution in [2.24, 2.45) is 5.92 Å². The molecule has 1 atom stereocenters. The topological polar surface area (TPSA) is 122 Å². The molecule has 1 fully saturated rings. The summed E-state index contributed by atoms with van der Waals surface area (Å²) >= 11 is 0. The largest absolute Gasteiger partial charge is 0.480 e. The first-order valence-corrected chi connectivity index (χ1v) is 8.62. The molecule has 1 aliphatic heterocycles. The Labute approximate surface area is 128 Å². The molecule has 1 aromatic rings. The zero-order valence-electron chi connectivity index (χ0n) is 12.1. The van der Waals surface area contributed by atoms with Crippen molar-refractivity contribution in [2.75, 3.05) is 24.7 Å². The lowest BCUT2D eigenvalue weighted by Gasteiger charge is -2.29. The van der Waals surface area contributed by atoms with E-state index < -0.39 is 21.9 Å². The highest BCUT2D eigenvalue weighted by molar-refractivity contribution is 7.88. The summed E-state index contributed by atoms with van der Waals surface area (Å²) in [6, 6.07) is 1.50. The molecule has 1 unspecified atom stereocenters. The fourth-order valence-corrected chi connectivity index (χ4v) is 3.25. The molecule has 2 N–H and O–H groups in total. The predicted molar refractivity (Wildman–Crippen MR) is 77.6 cm³/mol. The number of carboxylic acid groups (broad SMARTS) is 1. The molecule has 1 amide bonds. The van der Waals surface area contributed by atoms with Crippen molar-refractivity contribution in [1.29, 1.82) is 0 Å². The number of aliphatic carboxylic acids is 1. The second kappa shape index (κ2) is 6.44. The third-order valence-corrected chi connectivity index (χ3v) is 4.68. The van der Waals surface area contributed by atoms with Gasteiger partial charge < -0.3 is 10.4 Å². The zero-order valence-corrected chi connectivity index (χ0v) is 12.9. The van der Waals surface area contributed by atoms with Crippen LogP contribution in [0.4, 0.5) is 5.82 Å². The highest BCUT2D eigenvalue weighted by Gasteiger charge is 2.30. The standard InChI is InChI=1S/C12H18N4O5S/c1-22(20,21)16-5-2-3-9(7-16)12(19)13-10-4-6-15(14-10)8-11(17)18/h4,6,9H,2-3,5,7-8H2,1H3,(H,17,18)(H,13,14,19). The number of carbonyl (C=O) groups is 2. The van der Waals surface area contributed by atoms with Gasteiger partial charge in [-0.2, -0.15) is 5.10 Å². The summed E-state index contributed by atoms with van der Waals surface area (Å²) < 4.78 is 25.6. The first-order chi connectivity index (χ1) is 10.3. The SMILES string of the molecule is CS(=O)(=O)N1CCCC(C(=O)Nc2ccn(CC(=O)O)n2)C1. The maximum absolute atomic E-state index is 12.2. The van der Waals surface area contributed by atoms with Crippen LogP contribution < -0.4 is 5.32 Å². The van der Waals surface area contributed by atoms with Crippen LogP contribution in [-0.2, 0) is 26.2 Å². The number of aromatic nitrogens is 2. The molecular weight excluding hydrogens is 312 g/mol. The van der Waals surface area contributed by atoms with Crippen molar-refractivity contribution < 1.29 is 23.1 Å². The van der Waals surface area contributed by atoms with Gasteiger partial charge in [-0.15, -0.1) is 0 Å². The molecule has 1 aromatic heterocycles. The van der Waals surface area contributed by atoms with Crippen LogP contribution in [0.2, 0.25) is 0 Å². The molecule has 10 heteroatoms. The number of amides is 1. The number of nitrogens with zero attached hydrogens (tertiary/aromatic N) is 3. The summed E-state index contributed by atoms with van der Waals surface area (Å²) in [5.41, 5.74) is 0. The Kier molecular flexibility index (Phi) is 4.81. The van der Waals surface area contributed by atoms with E-state index in [1.807, 2.05) is 0 Å². The Hall–Kier alpha value is -1.94. The van der Waals surface area contributed by atoms with Crippen molar-refractivity contribution in [2.45, 2.75) is 19.4 Å². The van der Waals surface area contributed by atoms with Gasteiger partial charge in [-0.25, -0.2) is 12.7 Å². The quantitative estimate of drug-likeness (QED) is 0.756. The van der Waals surface area contributed by atoms with E-state index in [2.05, 4.69) is 10.4 Å². The normalized spacial score (nSPS) is 19.8. The van der Waals surface area contributed by atoms with Crippen molar-refractivity contribution in [3.05, 3.63) is 12.3 Å². The third kappa shape index (κ3) is 4.28. The second-order valence-corrected chi connectivity index (χ2v) is 7.22. The minimum absolute atomic E-state index is 0.153. The molecule has 0 saturated carbocycles. The summed E-state index contributed by atoms with van der Waals surface area (Å²) in [5, 5.41) is 15.2. The molecule has 9 nitrogen and oxygen atoms in total. The smallest absolute Gasteiger partial charge is 0.325 e. The van der Waals surface area contributed by atoms with Gasteiger partial charge in [0.15, 0.2) is 5.82 Å². The van der Waals surface area contributed by atoms with Crippen LogP contribution >= 0.6 is 0 Å². The van der Waals surface area contributed by atoms with E-state index in [1.54, 1.807) is 0 Å². The summed E-state index contributed by atoms with van der Waals surface area (Å²) in [4.78, 5) is 22.7. The van der Waals surface area contributed by atoms with Gasteiger partial charge in [0, 0.05) is 25.4 Å². The van der Waals surface area contributed by atoms with E-state index in [0.29, 0.717) is 19.4 Å². The highest BCUT2D eigenvalue weighted by Crippen LogP contribution is 2.20. The lowest BCUT2D eigenvalue weighted by atomic mass is 9.99. The van der Waals surface area contributed by atoms with Gasteiger partial charge >= 0.3 is 5.97 Å². The Morgan fingerprint density at radius 3 is 2.86 bits per heavy atom. The molecule has 0 bridgehead atoms. The number of piperidine rings is 1. The summed E-state index contributed by atoms with van der Waals surface area (Å²) in [6.07, 6.45) is 3.81. The third-order valence-electron chi connectivity index (χ3n) is 3.41. The average molecular weight is 330 g/mol. The van der Waals surface area contributed by atoms with E-state index in [1.165, 1.54) is 21.3 Å². The molecule has 0 radical (unpaired) electrons. The van der Waals surface area contributed by atoms with E-state index in [4.69, 9.17) is 5.11 Å². The molecule has 122 valence electrons. The molecule has 0 aliphatic carbocycles. The minimum Gasteiger partial charge on any atom is -0.480 e. The monoisotopic (exact) mass is 330 g/mol. The maximum atomic E-state index is 12.2. The minimum atomic E-state index is -3.31. The maximum Gasteiger partial charge on any atom is 0.325 e. The van der Waals surface area contributed by atoms with Crippen LogP contribution in [0, 0.1) is 5.92 Å². The number of anilines is 1. The van der Waals surface area contributed by atoms with Gasteiger partial charge in [-0.05, 0) is 12.8 Å². The van der Waals surface area contributed by atoms with Crippen molar-refractivity contribution in [3.8, 4) is 0 Å². The number of carbonyl (C=O) groups excluding carboxylic acids is 1. The van der Waals surface area contributed by atoms with Crippen LogP contribution in [0.25, 0.3) is 0 Å². The fourth-order valence-electron chi connectivity index (χ4n) is 2.34. The zero-order chi connectivity index (χ0) is 16.3. The molecule has 22 heavy (non-hydrogen) atoms. The first-order valence-electron chi connectivity index (χ1n) is 6.77. The summed E-state index contributed by atoms with van der Waals surface area (Å²) in [7, 11) is -3.31. The van der Waals surface area contributed by atoms with Crippen LogP contribution in [0.15, 0.2) is 12.3 Å². The van der Waals surface area contributed by atoms with Crippen molar-refractivity contribution in [1.82, 2.24) is 14.1 Å². The lowest BCUT2D eigenvalue weighted by Crippen LogP contribution is -2.43. The van der Waals surface area contributed by atoms with Crippen LogP contribution in [0.3, 0.4) is 0 Å². The van der Waals surface area contributed by atoms with Crippen LogP contribution in [0.5, 0.6) is 0 Å². The van der Waals surface area contributed by atoms with E-state index >= 15 is 0 Å². The average Bonchev–Trinajstić information content (AvgIpc) is 2.84. The Balaban J connectivity index is 1.97. The molecule has 0 spiro atoms. The molecule has 2 heterocycles. The van der Waals surface area contributed by atoms with Gasteiger partial charge in [0.1, 0.15) is 6.54 Å². The van der Waals surface area contributed by atoms with Crippen molar-refractivity contribution in [3.63, 3.8) is 0 Å². The van der Waals surface area contributed by atoms with E-state index in [-0.39, 0.29) is 24.8 Å². The number of sulfonamides is 1. The van der Waals surface area contributed by atoms with Crippen LogP contribution in [0.1, 0.15) is 12.8 Å². The molecular formula is C12H18N4O5S. The second-order valence-electron chi connectivity index (χ2n) is 5.24. The van der Waals surface area contributed by atoms with Crippen molar-refractivity contribution >= 4 is 27.7 Å². The number of hydrogen-bond acceptors (Lipinski definition) is 5. The molecule has 0 aromatic carbocycles. The lowest BCUT2D eigenvalue weighted by molar-refractivity contribution is -0.137. The highest BCUT2D eigenvalue weighted by atomic mass is 32.2. The summed E-state index contributed by atoms with van der Waals surface area (Å²) in [5.74, 6) is -1.53. The Morgan fingerprint density at radius 1 is 1.50 bits per heavy atom. The molecule has 1 aliphatic rings. The Morgan fingerprint density at radius 2 is 2.23 bits per heavy atom. The summed E-state index contributed by atoms with van der Waals surface area (Å²) in [6.45, 7) is 0.289. The fraction of sp³-hybridized carbons (Fsp3) is 0.583. The number of hydrogen-bond donors (Lipinski definition) is 2. The Bertz CT molecular complexity index is 669. The number of carboxylic acids is 1.